The molecular weight excluding hydrogens is 250 g/mol. The van der Waals surface area contributed by atoms with Crippen LogP contribution in [0.5, 0.6) is 0 Å². The molecule has 3 heteroatoms. The zero-order valence-electron chi connectivity index (χ0n) is 11.2. The fourth-order valence-corrected chi connectivity index (χ4v) is 2.00. The molecule has 102 valence electrons. The van der Waals surface area contributed by atoms with Crippen molar-refractivity contribution in [1.82, 2.24) is 0 Å². The van der Waals surface area contributed by atoms with Crippen LogP contribution in [-0.4, -0.2) is 17.6 Å². The third-order valence-electron chi connectivity index (χ3n) is 3.14. The maximum atomic E-state index is 12.0. The Balaban J connectivity index is 1.93. The van der Waals surface area contributed by atoms with E-state index in [2.05, 4.69) is 0 Å². The third-order valence-corrected chi connectivity index (χ3v) is 3.14. The van der Waals surface area contributed by atoms with Crippen LogP contribution in [0.2, 0.25) is 0 Å². The zero-order valence-corrected chi connectivity index (χ0v) is 11.2. The Labute approximate surface area is 118 Å². The summed E-state index contributed by atoms with van der Waals surface area (Å²) in [6, 6.07) is 17.7. The molecule has 0 unspecified atom stereocenters. The first kappa shape index (κ1) is 14.2. The molecule has 0 heterocycles. The van der Waals surface area contributed by atoms with Crippen LogP contribution in [-0.2, 0) is 11.2 Å². The van der Waals surface area contributed by atoms with Gasteiger partial charge in [0.2, 0.25) is 0 Å². The van der Waals surface area contributed by atoms with Gasteiger partial charge in [0.15, 0.2) is 11.6 Å². The van der Waals surface area contributed by atoms with Crippen molar-refractivity contribution in [3.8, 4) is 0 Å². The van der Waals surface area contributed by atoms with Gasteiger partial charge in [0, 0.05) is 5.56 Å². The van der Waals surface area contributed by atoms with E-state index in [1.807, 2.05) is 36.4 Å². The van der Waals surface area contributed by atoms with Gasteiger partial charge in [-0.2, -0.15) is 0 Å². The van der Waals surface area contributed by atoms with Crippen molar-refractivity contribution in [2.75, 3.05) is 0 Å². The average Bonchev–Trinajstić information content (AvgIpc) is 2.49. The van der Waals surface area contributed by atoms with Crippen molar-refractivity contribution < 1.29 is 9.59 Å². The van der Waals surface area contributed by atoms with Crippen LogP contribution in [0.3, 0.4) is 0 Å². The van der Waals surface area contributed by atoms with Crippen molar-refractivity contribution in [2.45, 2.75) is 18.9 Å². The summed E-state index contributed by atoms with van der Waals surface area (Å²) in [4.78, 5) is 23.9. The van der Waals surface area contributed by atoms with Gasteiger partial charge >= 0.3 is 0 Å². The molecule has 3 nitrogen and oxygen atoms in total. The molecule has 0 aliphatic heterocycles. The Bertz CT molecular complexity index is 578. The first-order valence-corrected chi connectivity index (χ1v) is 6.57. The highest BCUT2D eigenvalue weighted by Gasteiger charge is 2.18. The van der Waals surface area contributed by atoms with Gasteiger partial charge in [-0.1, -0.05) is 60.7 Å². The average molecular weight is 267 g/mol. The molecular formula is C17H17NO2. The molecule has 2 N–H and O–H groups in total. The fourth-order valence-electron chi connectivity index (χ4n) is 2.00. The summed E-state index contributed by atoms with van der Waals surface area (Å²) >= 11 is 0. The smallest absolute Gasteiger partial charge is 0.170 e. The predicted octanol–water partition coefficient (Wildman–Crippen LogP) is 2.40. The molecule has 1 atom stereocenters. The first-order chi connectivity index (χ1) is 9.66. The molecule has 0 aromatic heterocycles. The molecule has 2 aromatic carbocycles. The van der Waals surface area contributed by atoms with Gasteiger partial charge in [-0.3, -0.25) is 9.59 Å². The Morgan fingerprint density at radius 2 is 1.45 bits per heavy atom. The molecule has 0 aliphatic rings. The van der Waals surface area contributed by atoms with E-state index in [9.17, 15) is 9.59 Å². The summed E-state index contributed by atoms with van der Waals surface area (Å²) in [5.74, 6) is -0.401. The van der Waals surface area contributed by atoms with Crippen LogP contribution in [0.1, 0.15) is 22.3 Å². The van der Waals surface area contributed by atoms with Crippen molar-refractivity contribution in [1.29, 1.82) is 0 Å². The van der Waals surface area contributed by atoms with Gasteiger partial charge in [0.1, 0.15) is 0 Å². The van der Waals surface area contributed by atoms with Crippen LogP contribution in [0, 0.1) is 0 Å². The number of hydrogen-bond acceptors (Lipinski definition) is 3. The maximum absolute atomic E-state index is 12.0. The van der Waals surface area contributed by atoms with E-state index in [1.54, 1.807) is 24.3 Å². The Hall–Kier alpha value is -2.26. The minimum atomic E-state index is -0.634. The lowest BCUT2D eigenvalue weighted by Crippen LogP contribution is -2.34. The molecule has 0 aliphatic carbocycles. The number of rotatable bonds is 6. The number of carbonyl (C=O) groups is 2. The molecule has 0 amide bonds. The second kappa shape index (κ2) is 6.78. The number of benzene rings is 2. The zero-order chi connectivity index (χ0) is 14.4. The van der Waals surface area contributed by atoms with Gasteiger partial charge < -0.3 is 5.73 Å². The highest BCUT2D eigenvalue weighted by Crippen LogP contribution is 2.07. The maximum Gasteiger partial charge on any atom is 0.170 e. The standard InChI is InChI=1S/C17H17NO2/c18-15(11-13-7-3-1-4-8-13)17(20)12-16(19)14-9-5-2-6-10-14/h1-10,15H,11-12,18H2/t15-/m0/s1. The highest BCUT2D eigenvalue weighted by molar-refractivity contribution is 6.09. The third kappa shape index (κ3) is 3.87. The van der Waals surface area contributed by atoms with Crippen molar-refractivity contribution in [3.05, 3.63) is 71.8 Å². The number of ketones is 2. The summed E-state index contributed by atoms with van der Waals surface area (Å²) < 4.78 is 0. The van der Waals surface area contributed by atoms with E-state index in [4.69, 9.17) is 5.73 Å². The van der Waals surface area contributed by atoms with Crippen molar-refractivity contribution in [3.63, 3.8) is 0 Å². The monoisotopic (exact) mass is 267 g/mol. The summed E-state index contributed by atoms with van der Waals surface area (Å²) in [5.41, 5.74) is 7.42. The molecule has 0 bridgehead atoms. The summed E-state index contributed by atoms with van der Waals surface area (Å²) in [6.45, 7) is 0. The van der Waals surface area contributed by atoms with E-state index in [0.29, 0.717) is 12.0 Å². The number of hydrogen-bond donors (Lipinski definition) is 1. The highest BCUT2D eigenvalue weighted by atomic mass is 16.1. The summed E-state index contributed by atoms with van der Waals surface area (Å²) in [6.07, 6.45) is 0.319. The molecule has 0 spiro atoms. The van der Waals surface area contributed by atoms with Crippen LogP contribution >= 0.6 is 0 Å². The molecule has 0 saturated heterocycles. The van der Waals surface area contributed by atoms with Gasteiger partial charge in [-0.15, -0.1) is 0 Å². The minimum Gasteiger partial charge on any atom is -0.321 e. The quantitative estimate of drug-likeness (QED) is 0.646. The van der Waals surface area contributed by atoms with Gasteiger partial charge in [-0.25, -0.2) is 0 Å². The lowest BCUT2D eigenvalue weighted by molar-refractivity contribution is -0.119. The van der Waals surface area contributed by atoms with Crippen molar-refractivity contribution >= 4 is 11.6 Å². The molecule has 0 fully saturated rings. The number of Topliss-reactive ketones (excluding diaryl/α,β-unsaturated/α-hetero) is 2. The van der Waals surface area contributed by atoms with E-state index in [0.717, 1.165) is 5.56 Å². The van der Waals surface area contributed by atoms with Crippen molar-refractivity contribution in [2.24, 2.45) is 5.73 Å². The fraction of sp³-hybridized carbons (Fsp3) is 0.176. The van der Waals surface area contributed by atoms with Crippen LogP contribution < -0.4 is 5.73 Å². The second-order valence-corrected chi connectivity index (χ2v) is 4.73. The van der Waals surface area contributed by atoms with Gasteiger partial charge in [0.05, 0.1) is 12.5 Å². The largest absolute Gasteiger partial charge is 0.321 e. The van der Waals surface area contributed by atoms with E-state index >= 15 is 0 Å². The normalized spacial score (nSPS) is 11.8. The Morgan fingerprint density at radius 3 is 2.05 bits per heavy atom. The lowest BCUT2D eigenvalue weighted by atomic mass is 9.98. The first-order valence-electron chi connectivity index (χ1n) is 6.57. The van der Waals surface area contributed by atoms with E-state index in [1.165, 1.54) is 0 Å². The summed E-state index contributed by atoms with van der Waals surface area (Å²) in [5, 5.41) is 0. The molecule has 0 saturated carbocycles. The number of nitrogens with two attached hydrogens (primary N) is 1. The topological polar surface area (TPSA) is 60.2 Å². The predicted molar refractivity (Wildman–Crippen MR) is 78.5 cm³/mol. The molecule has 0 radical (unpaired) electrons. The molecule has 20 heavy (non-hydrogen) atoms. The second-order valence-electron chi connectivity index (χ2n) is 4.73. The summed E-state index contributed by atoms with van der Waals surface area (Å²) in [7, 11) is 0. The van der Waals surface area contributed by atoms with Gasteiger partial charge in [0.25, 0.3) is 0 Å². The molecule has 2 rings (SSSR count). The van der Waals surface area contributed by atoms with E-state index in [-0.39, 0.29) is 18.0 Å². The number of carbonyl (C=O) groups excluding carboxylic acids is 2. The Kier molecular flexibility index (Phi) is 4.80. The lowest BCUT2D eigenvalue weighted by Gasteiger charge is -2.10. The SMILES string of the molecule is N[C@@H](Cc1ccccc1)C(=O)CC(=O)c1ccccc1. The van der Waals surface area contributed by atoms with E-state index < -0.39 is 6.04 Å². The van der Waals surface area contributed by atoms with Crippen LogP contribution in [0.15, 0.2) is 60.7 Å². The van der Waals surface area contributed by atoms with Crippen LogP contribution in [0.25, 0.3) is 0 Å². The molecule has 2 aromatic rings. The Morgan fingerprint density at radius 1 is 0.900 bits per heavy atom. The minimum absolute atomic E-state index is 0.141. The van der Waals surface area contributed by atoms with Gasteiger partial charge in [-0.05, 0) is 12.0 Å². The van der Waals surface area contributed by atoms with Crippen LogP contribution in [0.4, 0.5) is 0 Å².